The molecule has 1 aromatic carbocycles. The SMILES string of the molecule is O=C1Cc2ccc(Cl)cc2N1CCCNC1CC1. The van der Waals surface area contributed by atoms with Crippen LogP contribution in [0.1, 0.15) is 24.8 Å². The van der Waals surface area contributed by atoms with E-state index in [0.717, 1.165) is 36.8 Å². The topological polar surface area (TPSA) is 32.3 Å². The lowest BCUT2D eigenvalue weighted by atomic mass is 10.2. The maximum atomic E-state index is 11.9. The first-order valence-electron chi connectivity index (χ1n) is 6.56. The third-order valence-corrected chi connectivity index (χ3v) is 3.78. The molecular weight excluding hydrogens is 248 g/mol. The summed E-state index contributed by atoms with van der Waals surface area (Å²) in [6.07, 6.45) is 4.12. The maximum Gasteiger partial charge on any atom is 0.231 e. The second-order valence-electron chi connectivity index (χ2n) is 5.08. The van der Waals surface area contributed by atoms with Crippen LogP contribution in [0.3, 0.4) is 0 Å². The molecule has 2 aliphatic rings. The Balaban J connectivity index is 1.61. The highest BCUT2D eigenvalue weighted by Crippen LogP contribution is 2.31. The second-order valence-corrected chi connectivity index (χ2v) is 5.51. The predicted molar refractivity (Wildman–Crippen MR) is 73.2 cm³/mol. The minimum absolute atomic E-state index is 0.193. The molecule has 0 saturated heterocycles. The first kappa shape index (κ1) is 12.0. The van der Waals surface area contributed by atoms with E-state index >= 15 is 0 Å². The average Bonchev–Trinajstić information content (AvgIpc) is 3.11. The Morgan fingerprint density at radius 3 is 3.00 bits per heavy atom. The van der Waals surface area contributed by atoms with Crippen LogP contribution in [0.2, 0.25) is 5.02 Å². The van der Waals surface area contributed by atoms with E-state index in [0.29, 0.717) is 11.4 Å². The van der Waals surface area contributed by atoms with Crippen molar-refractivity contribution in [1.29, 1.82) is 0 Å². The minimum Gasteiger partial charge on any atom is -0.314 e. The zero-order valence-electron chi connectivity index (χ0n) is 10.3. The van der Waals surface area contributed by atoms with Crippen LogP contribution in [0, 0.1) is 0 Å². The molecule has 4 heteroatoms. The van der Waals surface area contributed by atoms with Gasteiger partial charge in [-0.05, 0) is 43.5 Å². The van der Waals surface area contributed by atoms with E-state index in [9.17, 15) is 4.79 Å². The smallest absolute Gasteiger partial charge is 0.231 e. The maximum absolute atomic E-state index is 11.9. The summed E-state index contributed by atoms with van der Waals surface area (Å²) >= 11 is 6.00. The van der Waals surface area contributed by atoms with Gasteiger partial charge in [0.2, 0.25) is 5.91 Å². The van der Waals surface area contributed by atoms with E-state index in [-0.39, 0.29) is 5.91 Å². The number of anilines is 1. The molecule has 0 radical (unpaired) electrons. The van der Waals surface area contributed by atoms with Crippen LogP contribution in [-0.2, 0) is 11.2 Å². The number of hydrogen-bond acceptors (Lipinski definition) is 2. The molecule has 0 bridgehead atoms. The Morgan fingerprint density at radius 2 is 2.22 bits per heavy atom. The van der Waals surface area contributed by atoms with Crippen molar-refractivity contribution in [3.63, 3.8) is 0 Å². The first-order valence-corrected chi connectivity index (χ1v) is 6.94. The Hall–Kier alpha value is -1.06. The molecule has 0 aromatic heterocycles. The third-order valence-electron chi connectivity index (χ3n) is 3.55. The third kappa shape index (κ3) is 2.52. The predicted octanol–water partition coefficient (Wildman–Crippen LogP) is 2.37. The standard InChI is InChI=1S/C14H17ClN2O/c15-11-3-2-10-8-14(18)17(13(10)9-11)7-1-6-16-12-4-5-12/h2-3,9,12,16H,1,4-8H2. The average molecular weight is 265 g/mol. The molecule has 0 unspecified atom stereocenters. The number of nitrogens with one attached hydrogen (secondary N) is 1. The molecule has 1 aromatic rings. The van der Waals surface area contributed by atoms with Crippen LogP contribution in [0.5, 0.6) is 0 Å². The summed E-state index contributed by atoms with van der Waals surface area (Å²) in [5.41, 5.74) is 2.10. The van der Waals surface area contributed by atoms with Gasteiger partial charge in [-0.1, -0.05) is 17.7 Å². The van der Waals surface area contributed by atoms with Crippen molar-refractivity contribution >= 4 is 23.2 Å². The van der Waals surface area contributed by atoms with Crippen LogP contribution in [0.4, 0.5) is 5.69 Å². The van der Waals surface area contributed by atoms with Crippen molar-refractivity contribution in [2.75, 3.05) is 18.0 Å². The summed E-state index contributed by atoms with van der Waals surface area (Å²) in [5.74, 6) is 0.193. The molecule has 0 spiro atoms. The van der Waals surface area contributed by atoms with Gasteiger partial charge in [-0.15, -0.1) is 0 Å². The quantitative estimate of drug-likeness (QED) is 0.828. The fourth-order valence-electron chi connectivity index (χ4n) is 2.41. The molecule has 1 aliphatic heterocycles. The van der Waals surface area contributed by atoms with E-state index in [1.54, 1.807) is 0 Å². The molecule has 1 aliphatic carbocycles. The van der Waals surface area contributed by atoms with Gasteiger partial charge in [0, 0.05) is 23.3 Å². The largest absolute Gasteiger partial charge is 0.314 e. The monoisotopic (exact) mass is 264 g/mol. The highest BCUT2D eigenvalue weighted by atomic mass is 35.5. The van der Waals surface area contributed by atoms with Crippen molar-refractivity contribution in [2.24, 2.45) is 0 Å². The minimum atomic E-state index is 0.193. The molecule has 1 N–H and O–H groups in total. The molecule has 1 fully saturated rings. The number of carbonyl (C=O) groups excluding carboxylic acids is 1. The van der Waals surface area contributed by atoms with Crippen molar-refractivity contribution < 1.29 is 4.79 Å². The summed E-state index contributed by atoms with van der Waals surface area (Å²) in [4.78, 5) is 13.8. The molecule has 0 atom stereocenters. The highest BCUT2D eigenvalue weighted by Gasteiger charge is 2.27. The van der Waals surface area contributed by atoms with Crippen molar-refractivity contribution in [2.45, 2.75) is 31.7 Å². The molecule has 18 heavy (non-hydrogen) atoms. The lowest BCUT2D eigenvalue weighted by Crippen LogP contribution is -2.30. The number of nitrogens with zero attached hydrogens (tertiary/aromatic N) is 1. The summed E-state index contributed by atoms with van der Waals surface area (Å²) < 4.78 is 0. The van der Waals surface area contributed by atoms with Crippen molar-refractivity contribution in [1.82, 2.24) is 5.32 Å². The summed E-state index contributed by atoms with van der Waals surface area (Å²) in [7, 11) is 0. The number of rotatable bonds is 5. The normalized spacial score (nSPS) is 18.3. The molecule has 3 rings (SSSR count). The molecule has 1 saturated carbocycles. The highest BCUT2D eigenvalue weighted by molar-refractivity contribution is 6.31. The number of amides is 1. The van der Waals surface area contributed by atoms with Crippen molar-refractivity contribution in [3.05, 3.63) is 28.8 Å². The number of hydrogen-bond donors (Lipinski definition) is 1. The van der Waals surface area contributed by atoms with Crippen LogP contribution in [-0.4, -0.2) is 25.0 Å². The van der Waals surface area contributed by atoms with E-state index in [2.05, 4.69) is 5.32 Å². The number of carbonyl (C=O) groups is 1. The van der Waals surface area contributed by atoms with Crippen LogP contribution in [0.25, 0.3) is 0 Å². The van der Waals surface area contributed by atoms with Gasteiger partial charge in [-0.25, -0.2) is 0 Å². The Bertz CT molecular complexity index is 471. The Labute approximate surface area is 112 Å². The molecule has 96 valence electrons. The number of halogens is 1. The van der Waals surface area contributed by atoms with Crippen LogP contribution in [0.15, 0.2) is 18.2 Å². The Kier molecular flexibility index (Phi) is 3.27. The van der Waals surface area contributed by atoms with Gasteiger partial charge in [0.15, 0.2) is 0 Å². The lowest BCUT2D eigenvalue weighted by Gasteiger charge is -2.17. The molecule has 1 heterocycles. The zero-order chi connectivity index (χ0) is 12.5. The van der Waals surface area contributed by atoms with E-state index in [1.165, 1.54) is 12.8 Å². The van der Waals surface area contributed by atoms with Gasteiger partial charge in [-0.2, -0.15) is 0 Å². The van der Waals surface area contributed by atoms with Crippen LogP contribution >= 0.6 is 11.6 Å². The van der Waals surface area contributed by atoms with E-state index in [1.807, 2.05) is 23.1 Å². The summed E-state index contributed by atoms with van der Waals surface area (Å²) in [6.45, 7) is 1.77. The van der Waals surface area contributed by atoms with E-state index in [4.69, 9.17) is 11.6 Å². The summed E-state index contributed by atoms with van der Waals surface area (Å²) in [6, 6.07) is 6.45. The van der Waals surface area contributed by atoms with Gasteiger partial charge in [-0.3, -0.25) is 4.79 Å². The van der Waals surface area contributed by atoms with Gasteiger partial charge >= 0.3 is 0 Å². The van der Waals surface area contributed by atoms with Gasteiger partial charge in [0.25, 0.3) is 0 Å². The van der Waals surface area contributed by atoms with Crippen molar-refractivity contribution in [3.8, 4) is 0 Å². The zero-order valence-corrected chi connectivity index (χ0v) is 11.0. The van der Waals surface area contributed by atoms with E-state index < -0.39 is 0 Å². The van der Waals surface area contributed by atoms with Gasteiger partial charge in [0.05, 0.1) is 6.42 Å². The number of benzene rings is 1. The molecular formula is C14H17ClN2O. The molecule has 3 nitrogen and oxygen atoms in total. The first-order chi connectivity index (χ1) is 8.74. The number of fused-ring (bicyclic) bond motifs is 1. The fourth-order valence-corrected chi connectivity index (χ4v) is 2.57. The van der Waals surface area contributed by atoms with Gasteiger partial charge in [0.1, 0.15) is 0 Å². The van der Waals surface area contributed by atoms with Gasteiger partial charge < -0.3 is 10.2 Å². The van der Waals surface area contributed by atoms with Crippen LogP contribution < -0.4 is 10.2 Å². The Morgan fingerprint density at radius 1 is 1.39 bits per heavy atom. The second kappa shape index (κ2) is 4.90. The molecule has 1 amide bonds. The lowest BCUT2D eigenvalue weighted by molar-refractivity contribution is -0.117. The summed E-state index contributed by atoms with van der Waals surface area (Å²) in [5, 5.41) is 4.17. The fraction of sp³-hybridized carbons (Fsp3) is 0.500.